The van der Waals surface area contributed by atoms with Crippen LogP contribution in [0, 0.1) is 0 Å². The first-order valence-corrected chi connectivity index (χ1v) is 6.90. The van der Waals surface area contributed by atoms with E-state index in [1.165, 1.54) is 18.5 Å². The number of nitrogens with zero attached hydrogens (tertiary/aromatic N) is 3. The van der Waals surface area contributed by atoms with Gasteiger partial charge in [0.05, 0.1) is 5.02 Å². The lowest BCUT2D eigenvalue weighted by molar-refractivity contribution is -0.0498. The number of hydrogen-bond donors (Lipinski definition) is 1. The van der Waals surface area contributed by atoms with Crippen molar-refractivity contribution in [3.63, 3.8) is 0 Å². The summed E-state index contributed by atoms with van der Waals surface area (Å²) in [5.74, 6) is 0.776. The Morgan fingerprint density at radius 3 is 2.82 bits per heavy atom. The van der Waals surface area contributed by atoms with Crippen molar-refractivity contribution in [2.75, 3.05) is 0 Å². The third kappa shape index (κ3) is 2.71. The number of alkyl halides is 2. The average molecular weight is 325 g/mol. The van der Waals surface area contributed by atoms with E-state index in [9.17, 15) is 8.78 Å². The molecule has 1 N–H and O–H groups in total. The molecule has 0 bridgehead atoms. The van der Waals surface area contributed by atoms with Crippen LogP contribution in [-0.2, 0) is 6.42 Å². The van der Waals surface area contributed by atoms with Crippen LogP contribution in [0.3, 0.4) is 0 Å². The number of nitrogens with one attached hydrogen (secondary N) is 1. The van der Waals surface area contributed by atoms with Crippen molar-refractivity contribution in [2.45, 2.75) is 20.0 Å². The number of H-pyrrole nitrogens is 1. The third-order valence-electron chi connectivity index (χ3n) is 3.09. The fraction of sp³-hybridized carbons (Fsp3) is 0.214. The Bertz CT molecular complexity index is 822. The van der Waals surface area contributed by atoms with Crippen LogP contribution in [0.4, 0.5) is 8.78 Å². The minimum absolute atomic E-state index is 0.00657. The Labute approximate surface area is 129 Å². The van der Waals surface area contributed by atoms with Crippen LogP contribution >= 0.6 is 11.6 Å². The van der Waals surface area contributed by atoms with Crippen LogP contribution in [0.2, 0.25) is 5.02 Å². The molecular formula is C14H11ClF2N4O. The molecule has 3 aromatic rings. The van der Waals surface area contributed by atoms with Crippen LogP contribution in [0.5, 0.6) is 5.75 Å². The molecule has 2 aromatic heterocycles. The zero-order chi connectivity index (χ0) is 15.7. The molecule has 0 radical (unpaired) electrons. The summed E-state index contributed by atoms with van der Waals surface area (Å²) in [5, 5.41) is 0.255. The first kappa shape index (κ1) is 14.6. The number of aryl methyl sites for hydroxylation is 1. The van der Waals surface area contributed by atoms with Crippen molar-refractivity contribution in [3.8, 4) is 17.0 Å². The molecule has 0 aliphatic rings. The molecule has 0 amide bonds. The monoisotopic (exact) mass is 324 g/mol. The van der Waals surface area contributed by atoms with Gasteiger partial charge in [-0.25, -0.2) is 15.0 Å². The average Bonchev–Trinajstić information content (AvgIpc) is 2.90. The molecule has 0 saturated carbocycles. The second-order valence-electron chi connectivity index (χ2n) is 4.48. The van der Waals surface area contributed by atoms with Gasteiger partial charge in [0.1, 0.15) is 29.1 Å². The molecule has 0 spiro atoms. The smallest absolute Gasteiger partial charge is 0.387 e. The Morgan fingerprint density at radius 2 is 2.14 bits per heavy atom. The van der Waals surface area contributed by atoms with E-state index in [2.05, 4.69) is 24.7 Å². The molecule has 0 unspecified atom stereocenters. The first-order valence-electron chi connectivity index (χ1n) is 6.52. The highest BCUT2D eigenvalue weighted by atomic mass is 35.5. The van der Waals surface area contributed by atoms with Crippen molar-refractivity contribution in [1.29, 1.82) is 0 Å². The highest BCUT2D eigenvalue weighted by Gasteiger charge is 2.15. The summed E-state index contributed by atoms with van der Waals surface area (Å²) in [6, 6.07) is 4.32. The summed E-state index contributed by atoms with van der Waals surface area (Å²) < 4.78 is 28.8. The molecule has 0 atom stereocenters. The molecular weight excluding hydrogens is 314 g/mol. The Balaban J connectivity index is 2.09. The summed E-state index contributed by atoms with van der Waals surface area (Å²) in [4.78, 5) is 15.8. The van der Waals surface area contributed by atoms with Gasteiger partial charge >= 0.3 is 6.61 Å². The van der Waals surface area contributed by atoms with Crippen LogP contribution in [0.25, 0.3) is 22.4 Å². The largest absolute Gasteiger partial charge is 0.435 e. The van der Waals surface area contributed by atoms with E-state index < -0.39 is 6.61 Å². The van der Waals surface area contributed by atoms with E-state index in [4.69, 9.17) is 11.6 Å². The fourth-order valence-corrected chi connectivity index (χ4v) is 2.37. The van der Waals surface area contributed by atoms with Gasteiger partial charge in [-0.3, -0.25) is 0 Å². The van der Waals surface area contributed by atoms with Crippen LogP contribution in [0.1, 0.15) is 12.7 Å². The second-order valence-corrected chi connectivity index (χ2v) is 4.89. The van der Waals surface area contributed by atoms with E-state index in [-0.39, 0.29) is 10.8 Å². The zero-order valence-electron chi connectivity index (χ0n) is 11.5. The predicted octanol–water partition coefficient (Wildman–Crippen LogP) is 3.84. The molecule has 114 valence electrons. The van der Waals surface area contributed by atoms with Gasteiger partial charge in [0, 0.05) is 12.0 Å². The number of halogens is 3. The molecule has 3 rings (SSSR count). The summed E-state index contributed by atoms with van der Waals surface area (Å²) in [6.07, 6.45) is 2.11. The summed E-state index contributed by atoms with van der Waals surface area (Å²) in [7, 11) is 0. The van der Waals surface area contributed by atoms with E-state index in [1.807, 2.05) is 6.92 Å². The zero-order valence-corrected chi connectivity index (χ0v) is 12.2. The second kappa shape index (κ2) is 5.84. The number of aromatic nitrogens is 4. The number of rotatable bonds is 4. The summed E-state index contributed by atoms with van der Waals surface area (Å²) in [6.45, 7) is -0.929. The number of ether oxygens (including phenoxy) is 1. The quantitative estimate of drug-likeness (QED) is 0.792. The molecule has 0 saturated heterocycles. The standard InChI is InChI=1S/C14H11ClF2N4O/c1-2-10-20-12-11(18-6-19-13(12)21-10)8-4-3-7(5-9(8)15)22-14(16)17/h3-6,14H,2H2,1H3,(H,18,19,20,21). The molecule has 1 aromatic carbocycles. The van der Waals surface area contributed by atoms with Crippen molar-refractivity contribution < 1.29 is 13.5 Å². The normalized spacial score (nSPS) is 11.3. The highest BCUT2D eigenvalue weighted by molar-refractivity contribution is 6.33. The topological polar surface area (TPSA) is 63.7 Å². The lowest BCUT2D eigenvalue weighted by atomic mass is 10.1. The molecule has 5 nitrogen and oxygen atoms in total. The number of fused-ring (bicyclic) bond motifs is 1. The maximum absolute atomic E-state index is 12.2. The van der Waals surface area contributed by atoms with Gasteiger partial charge in [0.15, 0.2) is 5.65 Å². The van der Waals surface area contributed by atoms with E-state index in [0.717, 1.165) is 12.2 Å². The lowest BCUT2D eigenvalue weighted by Gasteiger charge is -2.08. The van der Waals surface area contributed by atoms with Gasteiger partial charge < -0.3 is 9.72 Å². The van der Waals surface area contributed by atoms with E-state index >= 15 is 0 Å². The van der Waals surface area contributed by atoms with Crippen molar-refractivity contribution >= 4 is 22.8 Å². The minimum Gasteiger partial charge on any atom is -0.435 e. The summed E-state index contributed by atoms with van der Waals surface area (Å²) in [5.41, 5.74) is 2.34. The molecule has 22 heavy (non-hydrogen) atoms. The van der Waals surface area contributed by atoms with Crippen LogP contribution in [-0.4, -0.2) is 26.5 Å². The van der Waals surface area contributed by atoms with Crippen LogP contribution < -0.4 is 4.74 Å². The maximum atomic E-state index is 12.2. The van der Waals surface area contributed by atoms with Gasteiger partial charge in [-0.15, -0.1) is 0 Å². The minimum atomic E-state index is -2.90. The number of aromatic amines is 1. The maximum Gasteiger partial charge on any atom is 0.387 e. The predicted molar refractivity (Wildman–Crippen MR) is 78.1 cm³/mol. The highest BCUT2D eigenvalue weighted by Crippen LogP contribution is 2.33. The number of hydrogen-bond acceptors (Lipinski definition) is 4. The summed E-state index contributed by atoms with van der Waals surface area (Å²) >= 11 is 6.17. The van der Waals surface area contributed by atoms with E-state index in [0.29, 0.717) is 22.4 Å². The molecule has 2 heterocycles. The first-order chi connectivity index (χ1) is 10.6. The SMILES string of the molecule is CCc1nc2ncnc(-c3ccc(OC(F)F)cc3Cl)c2[nH]1. The molecule has 0 fully saturated rings. The van der Waals surface area contributed by atoms with Gasteiger partial charge in [-0.1, -0.05) is 18.5 Å². The Morgan fingerprint density at radius 1 is 1.32 bits per heavy atom. The number of benzene rings is 1. The Hall–Kier alpha value is -2.28. The van der Waals surface area contributed by atoms with Crippen molar-refractivity contribution in [3.05, 3.63) is 35.4 Å². The lowest BCUT2D eigenvalue weighted by Crippen LogP contribution is -2.01. The van der Waals surface area contributed by atoms with E-state index in [1.54, 1.807) is 6.07 Å². The van der Waals surface area contributed by atoms with Gasteiger partial charge in [-0.05, 0) is 18.2 Å². The molecule has 0 aliphatic heterocycles. The van der Waals surface area contributed by atoms with Crippen molar-refractivity contribution in [2.24, 2.45) is 0 Å². The van der Waals surface area contributed by atoms with Gasteiger partial charge in [0.2, 0.25) is 0 Å². The number of imidazole rings is 1. The van der Waals surface area contributed by atoms with Gasteiger partial charge in [0.25, 0.3) is 0 Å². The Kier molecular flexibility index (Phi) is 3.89. The third-order valence-corrected chi connectivity index (χ3v) is 3.41. The molecule has 8 heteroatoms. The fourth-order valence-electron chi connectivity index (χ4n) is 2.11. The molecule has 0 aliphatic carbocycles. The van der Waals surface area contributed by atoms with Gasteiger partial charge in [-0.2, -0.15) is 8.78 Å². The van der Waals surface area contributed by atoms with Crippen molar-refractivity contribution in [1.82, 2.24) is 19.9 Å². The van der Waals surface area contributed by atoms with Crippen LogP contribution in [0.15, 0.2) is 24.5 Å².